The molecule has 0 aromatic carbocycles. The quantitative estimate of drug-likeness (QED) is 0.862. The number of amides is 1. The van der Waals surface area contributed by atoms with Crippen molar-refractivity contribution in [1.82, 2.24) is 10.2 Å². The molecule has 1 aliphatic heterocycles. The molecule has 1 unspecified atom stereocenters. The SMILES string of the molecule is CC1(C)CCC(NCC2CCN(C(=O)OC(C)(C)C)C2)CC1. The van der Waals surface area contributed by atoms with E-state index in [4.69, 9.17) is 4.74 Å². The molecule has 0 aromatic heterocycles. The molecular weight excluding hydrogens is 276 g/mol. The number of nitrogens with zero attached hydrogens (tertiary/aromatic N) is 1. The molecule has 22 heavy (non-hydrogen) atoms. The summed E-state index contributed by atoms with van der Waals surface area (Å²) < 4.78 is 5.45. The number of carbonyl (C=O) groups excluding carboxylic acids is 1. The molecule has 1 saturated carbocycles. The molecule has 1 heterocycles. The lowest BCUT2D eigenvalue weighted by molar-refractivity contribution is 0.0288. The number of carbonyl (C=O) groups is 1. The molecule has 4 heteroatoms. The van der Waals surface area contributed by atoms with Crippen LogP contribution in [0.1, 0.15) is 66.7 Å². The van der Waals surface area contributed by atoms with Crippen LogP contribution in [-0.2, 0) is 4.74 Å². The minimum Gasteiger partial charge on any atom is -0.444 e. The lowest BCUT2D eigenvalue weighted by Gasteiger charge is -2.35. The summed E-state index contributed by atoms with van der Waals surface area (Å²) >= 11 is 0. The molecule has 1 atom stereocenters. The van der Waals surface area contributed by atoms with E-state index in [1.807, 2.05) is 25.7 Å². The molecule has 0 bridgehead atoms. The van der Waals surface area contributed by atoms with Crippen LogP contribution in [0.3, 0.4) is 0 Å². The van der Waals surface area contributed by atoms with Gasteiger partial charge in [0, 0.05) is 19.1 Å². The highest BCUT2D eigenvalue weighted by molar-refractivity contribution is 5.68. The molecule has 2 rings (SSSR count). The molecule has 2 fully saturated rings. The summed E-state index contributed by atoms with van der Waals surface area (Å²) in [6.07, 6.45) is 6.14. The van der Waals surface area contributed by atoms with Crippen molar-refractivity contribution >= 4 is 6.09 Å². The van der Waals surface area contributed by atoms with Gasteiger partial charge in [-0.2, -0.15) is 0 Å². The predicted octanol–water partition coefficient (Wildman–Crippen LogP) is 3.80. The number of hydrogen-bond acceptors (Lipinski definition) is 3. The predicted molar refractivity (Wildman–Crippen MR) is 90.0 cm³/mol. The summed E-state index contributed by atoms with van der Waals surface area (Å²) in [6, 6.07) is 0.670. The number of hydrogen-bond donors (Lipinski definition) is 1. The fourth-order valence-corrected chi connectivity index (χ4v) is 3.43. The Hall–Kier alpha value is -0.770. The van der Waals surface area contributed by atoms with E-state index in [0.717, 1.165) is 26.1 Å². The summed E-state index contributed by atoms with van der Waals surface area (Å²) in [5, 5.41) is 3.73. The Morgan fingerprint density at radius 1 is 1.23 bits per heavy atom. The van der Waals surface area contributed by atoms with E-state index in [2.05, 4.69) is 19.2 Å². The third-order valence-electron chi connectivity index (χ3n) is 4.97. The number of ether oxygens (including phenoxy) is 1. The number of likely N-dealkylation sites (tertiary alicyclic amines) is 1. The molecule has 1 saturated heterocycles. The van der Waals surface area contributed by atoms with Gasteiger partial charge in [-0.05, 0) is 70.8 Å². The minimum atomic E-state index is -0.400. The Bertz CT molecular complexity index is 377. The Kier molecular flexibility index (Phi) is 5.41. The molecule has 1 amide bonds. The van der Waals surface area contributed by atoms with E-state index in [-0.39, 0.29) is 6.09 Å². The van der Waals surface area contributed by atoms with Crippen LogP contribution >= 0.6 is 0 Å². The van der Waals surface area contributed by atoms with Crippen molar-refractivity contribution in [1.29, 1.82) is 0 Å². The Morgan fingerprint density at radius 2 is 1.86 bits per heavy atom. The molecule has 1 N–H and O–H groups in total. The highest BCUT2D eigenvalue weighted by Gasteiger charge is 2.31. The Morgan fingerprint density at radius 3 is 2.45 bits per heavy atom. The fourth-order valence-electron chi connectivity index (χ4n) is 3.43. The van der Waals surface area contributed by atoms with Crippen LogP contribution in [0.5, 0.6) is 0 Å². The second-order valence-corrected chi connectivity index (χ2v) is 8.93. The van der Waals surface area contributed by atoms with E-state index >= 15 is 0 Å². The van der Waals surface area contributed by atoms with Gasteiger partial charge in [-0.25, -0.2) is 4.79 Å². The van der Waals surface area contributed by atoms with Gasteiger partial charge < -0.3 is 15.0 Å². The van der Waals surface area contributed by atoms with Crippen molar-refractivity contribution in [2.45, 2.75) is 78.4 Å². The third-order valence-corrected chi connectivity index (χ3v) is 4.97. The number of nitrogens with one attached hydrogen (secondary N) is 1. The van der Waals surface area contributed by atoms with Gasteiger partial charge in [0.2, 0.25) is 0 Å². The molecule has 0 radical (unpaired) electrons. The second kappa shape index (κ2) is 6.77. The third kappa shape index (κ3) is 5.45. The van der Waals surface area contributed by atoms with Crippen molar-refractivity contribution in [3.05, 3.63) is 0 Å². The van der Waals surface area contributed by atoms with Gasteiger partial charge in [0.05, 0.1) is 0 Å². The summed E-state index contributed by atoms with van der Waals surface area (Å²) in [7, 11) is 0. The van der Waals surface area contributed by atoms with Crippen LogP contribution in [0.25, 0.3) is 0 Å². The zero-order valence-electron chi connectivity index (χ0n) is 15.1. The topological polar surface area (TPSA) is 41.6 Å². The number of rotatable bonds is 3. The van der Waals surface area contributed by atoms with Crippen molar-refractivity contribution in [3.63, 3.8) is 0 Å². The molecule has 128 valence electrons. The zero-order valence-corrected chi connectivity index (χ0v) is 15.1. The Labute approximate surface area is 136 Å². The molecule has 0 spiro atoms. The highest BCUT2D eigenvalue weighted by Crippen LogP contribution is 2.35. The standard InChI is InChI=1S/C18H34N2O2/c1-17(2,3)22-16(21)20-11-8-14(13-20)12-19-15-6-9-18(4,5)10-7-15/h14-15,19H,6-13H2,1-5H3. The van der Waals surface area contributed by atoms with Crippen molar-refractivity contribution < 1.29 is 9.53 Å². The summed E-state index contributed by atoms with van der Waals surface area (Å²) in [4.78, 5) is 13.9. The van der Waals surface area contributed by atoms with Crippen LogP contribution in [-0.4, -0.2) is 42.3 Å². The van der Waals surface area contributed by atoms with Gasteiger partial charge in [-0.1, -0.05) is 13.8 Å². The maximum atomic E-state index is 12.1. The lowest BCUT2D eigenvalue weighted by atomic mass is 9.75. The first kappa shape index (κ1) is 17.6. The fraction of sp³-hybridized carbons (Fsp3) is 0.944. The second-order valence-electron chi connectivity index (χ2n) is 8.93. The van der Waals surface area contributed by atoms with Crippen LogP contribution in [0.2, 0.25) is 0 Å². The molecular formula is C18H34N2O2. The maximum Gasteiger partial charge on any atom is 0.410 e. The first-order valence-electron chi connectivity index (χ1n) is 8.86. The molecule has 4 nitrogen and oxygen atoms in total. The van der Waals surface area contributed by atoms with Crippen LogP contribution < -0.4 is 5.32 Å². The van der Waals surface area contributed by atoms with E-state index in [1.54, 1.807) is 0 Å². The van der Waals surface area contributed by atoms with E-state index in [1.165, 1.54) is 25.7 Å². The average Bonchev–Trinajstić information content (AvgIpc) is 2.84. The average molecular weight is 310 g/mol. The monoisotopic (exact) mass is 310 g/mol. The van der Waals surface area contributed by atoms with Gasteiger partial charge in [0.25, 0.3) is 0 Å². The van der Waals surface area contributed by atoms with Gasteiger partial charge in [-0.3, -0.25) is 0 Å². The van der Waals surface area contributed by atoms with Crippen molar-refractivity contribution in [2.75, 3.05) is 19.6 Å². The van der Waals surface area contributed by atoms with E-state index < -0.39 is 5.60 Å². The van der Waals surface area contributed by atoms with Crippen molar-refractivity contribution in [3.8, 4) is 0 Å². The highest BCUT2D eigenvalue weighted by atomic mass is 16.6. The zero-order chi connectivity index (χ0) is 16.4. The normalized spacial score (nSPS) is 26.2. The van der Waals surface area contributed by atoms with Crippen LogP contribution in [0, 0.1) is 11.3 Å². The summed E-state index contributed by atoms with van der Waals surface area (Å²) in [5.74, 6) is 0.572. The molecule has 2 aliphatic rings. The smallest absolute Gasteiger partial charge is 0.410 e. The molecule has 0 aromatic rings. The van der Waals surface area contributed by atoms with Crippen LogP contribution in [0.4, 0.5) is 4.79 Å². The Balaban J connectivity index is 1.68. The van der Waals surface area contributed by atoms with E-state index in [0.29, 0.717) is 17.4 Å². The summed E-state index contributed by atoms with van der Waals surface area (Å²) in [6.45, 7) is 13.2. The largest absolute Gasteiger partial charge is 0.444 e. The first-order valence-corrected chi connectivity index (χ1v) is 8.86. The maximum absolute atomic E-state index is 12.1. The van der Waals surface area contributed by atoms with Gasteiger partial charge in [0.1, 0.15) is 5.60 Å². The molecule has 1 aliphatic carbocycles. The van der Waals surface area contributed by atoms with Gasteiger partial charge in [0.15, 0.2) is 0 Å². The van der Waals surface area contributed by atoms with Crippen LogP contribution in [0.15, 0.2) is 0 Å². The summed E-state index contributed by atoms with van der Waals surface area (Å²) in [5.41, 5.74) is 0.126. The van der Waals surface area contributed by atoms with E-state index in [9.17, 15) is 4.79 Å². The van der Waals surface area contributed by atoms with Crippen molar-refractivity contribution in [2.24, 2.45) is 11.3 Å². The lowest BCUT2D eigenvalue weighted by Crippen LogP contribution is -2.39. The minimum absolute atomic E-state index is 0.158. The first-order chi connectivity index (χ1) is 10.1. The van der Waals surface area contributed by atoms with Gasteiger partial charge >= 0.3 is 6.09 Å². The van der Waals surface area contributed by atoms with Gasteiger partial charge in [-0.15, -0.1) is 0 Å².